The van der Waals surface area contributed by atoms with Crippen molar-refractivity contribution in [2.75, 3.05) is 11.4 Å². The van der Waals surface area contributed by atoms with Crippen LogP contribution in [0.5, 0.6) is 5.75 Å². The monoisotopic (exact) mass is 427 g/mol. The van der Waals surface area contributed by atoms with Crippen molar-refractivity contribution < 1.29 is 27.4 Å². The molecule has 1 heterocycles. The molecule has 0 amide bonds. The van der Waals surface area contributed by atoms with Gasteiger partial charge < -0.3 is 9.84 Å². The molecule has 3 aromatic carbocycles. The molecule has 0 aliphatic carbocycles. The Morgan fingerprint density at radius 3 is 2.20 bits per heavy atom. The maximum Gasteiger partial charge on any atom is 0.327 e. The summed E-state index contributed by atoms with van der Waals surface area (Å²) < 4.78 is 46.1. The number of ether oxygens (including phenoxy) is 1. The number of sulfonamides is 1. The second-order valence-corrected chi connectivity index (χ2v) is 8.66. The molecule has 0 aromatic heterocycles. The highest BCUT2D eigenvalue weighted by molar-refractivity contribution is 7.93. The van der Waals surface area contributed by atoms with Gasteiger partial charge in [0.2, 0.25) is 0 Å². The van der Waals surface area contributed by atoms with E-state index in [4.69, 9.17) is 4.74 Å². The highest BCUT2D eigenvalue weighted by Gasteiger charge is 2.43. The van der Waals surface area contributed by atoms with Gasteiger partial charge in [0.1, 0.15) is 17.6 Å². The fraction of sp³-hybridized carbons (Fsp3) is 0.136. The highest BCUT2D eigenvalue weighted by atomic mass is 32.2. The van der Waals surface area contributed by atoms with Crippen molar-refractivity contribution in [3.05, 3.63) is 78.1 Å². The van der Waals surface area contributed by atoms with E-state index in [1.807, 2.05) is 0 Å². The molecular formula is C22H18FNO5S. The van der Waals surface area contributed by atoms with Crippen molar-refractivity contribution >= 4 is 21.7 Å². The summed E-state index contributed by atoms with van der Waals surface area (Å²) in [5, 5.41) is 9.67. The summed E-state index contributed by atoms with van der Waals surface area (Å²) in [6.07, 6.45) is 0.0154. The third-order valence-corrected chi connectivity index (χ3v) is 6.96. The lowest BCUT2D eigenvalue weighted by atomic mass is 10.1. The van der Waals surface area contributed by atoms with Crippen LogP contribution in [0.1, 0.15) is 5.56 Å². The van der Waals surface area contributed by atoms with E-state index in [1.165, 1.54) is 31.4 Å². The number of hydrogen-bond acceptors (Lipinski definition) is 4. The number of carboxylic acids is 1. The predicted octanol–water partition coefficient (Wildman–Crippen LogP) is 3.71. The molecule has 0 radical (unpaired) electrons. The molecule has 0 spiro atoms. The Balaban J connectivity index is 1.75. The van der Waals surface area contributed by atoms with Crippen LogP contribution in [0.2, 0.25) is 0 Å². The molecule has 30 heavy (non-hydrogen) atoms. The van der Waals surface area contributed by atoms with Gasteiger partial charge in [0.05, 0.1) is 17.7 Å². The Kier molecular flexibility index (Phi) is 4.95. The molecule has 6 nitrogen and oxygen atoms in total. The second kappa shape index (κ2) is 7.46. The van der Waals surface area contributed by atoms with E-state index in [9.17, 15) is 22.7 Å². The van der Waals surface area contributed by atoms with Crippen LogP contribution < -0.4 is 9.04 Å². The molecule has 0 fully saturated rings. The van der Waals surface area contributed by atoms with E-state index >= 15 is 0 Å². The third-order valence-electron chi connectivity index (χ3n) is 5.12. The van der Waals surface area contributed by atoms with Crippen LogP contribution in [-0.4, -0.2) is 32.6 Å². The molecule has 4 rings (SSSR count). The lowest BCUT2D eigenvalue weighted by Crippen LogP contribution is -2.42. The topological polar surface area (TPSA) is 83.9 Å². The maximum atomic E-state index is 13.4. The van der Waals surface area contributed by atoms with Gasteiger partial charge in [0, 0.05) is 12.0 Å². The maximum absolute atomic E-state index is 13.4. The molecule has 1 aliphatic heterocycles. The lowest BCUT2D eigenvalue weighted by molar-refractivity contribution is -0.138. The van der Waals surface area contributed by atoms with Gasteiger partial charge in [-0.05, 0) is 47.5 Å². The van der Waals surface area contributed by atoms with Crippen molar-refractivity contribution in [2.24, 2.45) is 0 Å². The van der Waals surface area contributed by atoms with Gasteiger partial charge in [0.25, 0.3) is 10.0 Å². The molecule has 154 valence electrons. The van der Waals surface area contributed by atoms with Crippen LogP contribution in [0.4, 0.5) is 10.1 Å². The van der Waals surface area contributed by atoms with E-state index in [-0.39, 0.29) is 17.1 Å². The first-order valence-corrected chi connectivity index (χ1v) is 10.6. The van der Waals surface area contributed by atoms with Crippen molar-refractivity contribution in [3.63, 3.8) is 0 Å². The number of carboxylic acid groups (broad SMARTS) is 1. The molecule has 0 saturated heterocycles. The van der Waals surface area contributed by atoms with Crippen LogP contribution in [0, 0.1) is 5.82 Å². The SMILES string of the molecule is COc1cccc2c1CC(C(=O)O)N2S(=O)(=O)c1ccc(-c2ccc(F)cc2)cc1. The van der Waals surface area contributed by atoms with Crippen LogP contribution in [0.25, 0.3) is 11.1 Å². The van der Waals surface area contributed by atoms with E-state index in [1.54, 1.807) is 42.5 Å². The minimum absolute atomic E-state index is 0.0154. The summed E-state index contributed by atoms with van der Waals surface area (Å²) in [5.74, 6) is -1.15. The minimum Gasteiger partial charge on any atom is -0.496 e. The van der Waals surface area contributed by atoms with Gasteiger partial charge in [-0.1, -0.05) is 30.3 Å². The number of carbonyl (C=O) groups is 1. The standard InChI is InChI=1S/C22H18FNO5S/c1-29-21-4-2-3-19-18(21)13-20(22(25)26)24(19)30(27,28)17-11-7-15(8-12-17)14-5-9-16(23)10-6-14/h2-12,20H,13H2,1H3,(H,25,26). The number of methoxy groups -OCH3 is 1. The van der Waals surface area contributed by atoms with Gasteiger partial charge in [-0.2, -0.15) is 0 Å². The van der Waals surface area contributed by atoms with Crippen molar-refractivity contribution in [1.82, 2.24) is 0 Å². The van der Waals surface area contributed by atoms with Crippen LogP contribution in [0.15, 0.2) is 71.6 Å². The number of halogens is 1. The Labute approximate surface area is 173 Å². The van der Waals surface area contributed by atoms with E-state index in [2.05, 4.69) is 0 Å². The quantitative estimate of drug-likeness (QED) is 0.671. The fourth-order valence-electron chi connectivity index (χ4n) is 3.66. The number of aliphatic carboxylic acids is 1. The average Bonchev–Trinajstić information content (AvgIpc) is 3.15. The molecule has 1 atom stereocenters. The second-order valence-electron chi connectivity index (χ2n) is 6.85. The highest BCUT2D eigenvalue weighted by Crippen LogP contribution is 2.41. The summed E-state index contributed by atoms with van der Waals surface area (Å²) in [7, 11) is -2.68. The first-order chi connectivity index (χ1) is 14.3. The van der Waals surface area contributed by atoms with Crippen molar-refractivity contribution in [3.8, 4) is 16.9 Å². The predicted molar refractivity (Wildman–Crippen MR) is 110 cm³/mol. The number of hydrogen-bond donors (Lipinski definition) is 1. The lowest BCUT2D eigenvalue weighted by Gasteiger charge is -2.24. The Morgan fingerprint density at radius 1 is 1.03 bits per heavy atom. The van der Waals surface area contributed by atoms with Gasteiger partial charge in [0.15, 0.2) is 0 Å². The molecule has 3 aromatic rings. The molecule has 0 saturated carbocycles. The van der Waals surface area contributed by atoms with Gasteiger partial charge in [-0.25, -0.2) is 17.6 Å². The number of rotatable bonds is 5. The summed E-state index contributed by atoms with van der Waals surface area (Å²) >= 11 is 0. The largest absolute Gasteiger partial charge is 0.496 e. The summed E-state index contributed by atoms with van der Waals surface area (Å²) in [6.45, 7) is 0. The number of benzene rings is 3. The average molecular weight is 427 g/mol. The first kappa shape index (κ1) is 19.9. The molecule has 0 bridgehead atoms. The van der Waals surface area contributed by atoms with Crippen molar-refractivity contribution in [1.29, 1.82) is 0 Å². The van der Waals surface area contributed by atoms with E-state index in [0.29, 0.717) is 22.6 Å². The zero-order valence-electron chi connectivity index (χ0n) is 15.9. The minimum atomic E-state index is -4.14. The number of fused-ring (bicyclic) bond motifs is 1. The first-order valence-electron chi connectivity index (χ1n) is 9.12. The van der Waals surface area contributed by atoms with Crippen LogP contribution in [-0.2, 0) is 21.2 Å². The Morgan fingerprint density at radius 2 is 1.63 bits per heavy atom. The normalized spacial score (nSPS) is 15.7. The Hall–Kier alpha value is -3.39. The molecule has 8 heteroatoms. The van der Waals surface area contributed by atoms with E-state index in [0.717, 1.165) is 9.87 Å². The van der Waals surface area contributed by atoms with Gasteiger partial charge in [-0.15, -0.1) is 0 Å². The summed E-state index contributed by atoms with van der Waals surface area (Å²) in [6, 6.07) is 15.5. The smallest absolute Gasteiger partial charge is 0.327 e. The molecule has 1 N–H and O–H groups in total. The third kappa shape index (κ3) is 3.29. The molecular weight excluding hydrogens is 409 g/mol. The zero-order chi connectivity index (χ0) is 21.5. The van der Waals surface area contributed by atoms with Gasteiger partial charge >= 0.3 is 5.97 Å². The van der Waals surface area contributed by atoms with Crippen molar-refractivity contribution in [2.45, 2.75) is 17.4 Å². The number of nitrogens with zero attached hydrogens (tertiary/aromatic N) is 1. The zero-order valence-corrected chi connectivity index (χ0v) is 16.8. The molecule has 1 aliphatic rings. The summed E-state index contributed by atoms with van der Waals surface area (Å²) in [4.78, 5) is 11.8. The van der Waals surface area contributed by atoms with E-state index < -0.39 is 22.0 Å². The Bertz CT molecular complexity index is 1210. The van der Waals surface area contributed by atoms with Gasteiger partial charge in [-0.3, -0.25) is 4.31 Å². The fourth-order valence-corrected chi connectivity index (χ4v) is 5.30. The summed E-state index contributed by atoms with van der Waals surface area (Å²) in [5.41, 5.74) is 2.29. The number of anilines is 1. The molecule has 1 unspecified atom stereocenters. The van der Waals surface area contributed by atoms with Crippen LogP contribution in [0.3, 0.4) is 0 Å². The van der Waals surface area contributed by atoms with Crippen LogP contribution >= 0.6 is 0 Å².